The molecular weight excluding hydrogens is 320 g/mol. The van der Waals surface area contributed by atoms with Crippen molar-refractivity contribution >= 4 is 21.9 Å². The maximum atomic E-state index is 12.7. The van der Waals surface area contributed by atoms with Crippen LogP contribution in [0.4, 0.5) is 0 Å². The van der Waals surface area contributed by atoms with E-state index in [-0.39, 0.29) is 16.5 Å². The average molecular weight is 338 g/mol. The zero-order valence-electron chi connectivity index (χ0n) is 12.4. The Balaban J connectivity index is 1.74. The first-order valence-electron chi connectivity index (χ1n) is 7.50. The Hall–Kier alpha value is -1.93. The Bertz CT molecular complexity index is 729. The SMILES string of the molecule is O=C(O)CNC(=O)c1ccc(S(=O)(=O)N2CC3CCC2C3)cc1. The fourth-order valence-corrected chi connectivity index (χ4v) is 5.09. The van der Waals surface area contributed by atoms with E-state index in [1.807, 2.05) is 0 Å². The van der Waals surface area contributed by atoms with Gasteiger partial charge in [0.05, 0.1) is 4.90 Å². The molecular formula is C15H18N2O5S. The summed E-state index contributed by atoms with van der Waals surface area (Å²) >= 11 is 0. The second kappa shape index (κ2) is 5.93. The summed E-state index contributed by atoms with van der Waals surface area (Å²) in [6, 6.07) is 5.70. The predicted molar refractivity (Wildman–Crippen MR) is 81.4 cm³/mol. The fraction of sp³-hybridized carbons (Fsp3) is 0.467. The van der Waals surface area contributed by atoms with Gasteiger partial charge in [0.25, 0.3) is 5.91 Å². The van der Waals surface area contributed by atoms with E-state index in [1.54, 1.807) is 4.31 Å². The number of amides is 1. The molecule has 7 nitrogen and oxygen atoms in total. The number of piperidine rings is 1. The molecule has 0 spiro atoms. The number of benzene rings is 1. The monoisotopic (exact) mass is 338 g/mol. The molecule has 2 unspecified atom stereocenters. The van der Waals surface area contributed by atoms with Crippen LogP contribution >= 0.6 is 0 Å². The minimum Gasteiger partial charge on any atom is -0.480 e. The van der Waals surface area contributed by atoms with E-state index in [2.05, 4.69) is 5.32 Å². The zero-order valence-corrected chi connectivity index (χ0v) is 13.3. The van der Waals surface area contributed by atoms with Gasteiger partial charge in [0, 0.05) is 18.2 Å². The maximum absolute atomic E-state index is 12.7. The molecule has 2 atom stereocenters. The van der Waals surface area contributed by atoms with Gasteiger partial charge in [-0.05, 0) is 49.4 Å². The van der Waals surface area contributed by atoms with Crippen LogP contribution in [0.5, 0.6) is 0 Å². The van der Waals surface area contributed by atoms with E-state index >= 15 is 0 Å². The van der Waals surface area contributed by atoms with E-state index in [4.69, 9.17) is 5.11 Å². The van der Waals surface area contributed by atoms with Crippen LogP contribution in [-0.4, -0.2) is 48.8 Å². The molecule has 1 saturated carbocycles. The number of nitrogens with zero attached hydrogens (tertiary/aromatic N) is 1. The number of carboxylic acids is 1. The third-order valence-corrected chi connectivity index (χ3v) is 6.41. The van der Waals surface area contributed by atoms with Gasteiger partial charge < -0.3 is 10.4 Å². The minimum absolute atomic E-state index is 0.101. The number of sulfonamides is 1. The van der Waals surface area contributed by atoms with Crippen molar-refractivity contribution in [3.8, 4) is 0 Å². The number of carbonyl (C=O) groups is 2. The number of nitrogens with one attached hydrogen (secondary N) is 1. The molecule has 1 amide bonds. The molecule has 1 saturated heterocycles. The summed E-state index contributed by atoms with van der Waals surface area (Å²) in [6.07, 6.45) is 2.95. The number of carboxylic acid groups (broad SMARTS) is 1. The molecule has 23 heavy (non-hydrogen) atoms. The Morgan fingerprint density at radius 3 is 2.43 bits per heavy atom. The Kier molecular flexibility index (Phi) is 4.11. The van der Waals surface area contributed by atoms with Gasteiger partial charge in [0.15, 0.2) is 0 Å². The van der Waals surface area contributed by atoms with Crippen molar-refractivity contribution in [1.82, 2.24) is 9.62 Å². The van der Waals surface area contributed by atoms with Crippen LogP contribution in [-0.2, 0) is 14.8 Å². The smallest absolute Gasteiger partial charge is 0.322 e. The third-order valence-electron chi connectivity index (χ3n) is 4.48. The van der Waals surface area contributed by atoms with Crippen LogP contribution in [0.25, 0.3) is 0 Å². The number of hydrogen-bond acceptors (Lipinski definition) is 4. The van der Waals surface area contributed by atoms with Crippen LogP contribution in [0.15, 0.2) is 29.2 Å². The molecule has 1 heterocycles. The molecule has 1 aliphatic heterocycles. The lowest BCUT2D eigenvalue weighted by Crippen LogP contribution is -2.37. The van der Waals surface area contributed by atoms with Gasteiger partial charge in [-0.25, -0.2) is 8.42 Å². The molecule has 3 rings (SSSR count). The topological polar surface area (TPSA) is 104 Å². The second-order valence-corrected chi connectivity index (χ2v) is 7.90. The molecule has 8 heteroatoms. The molecule has 0 radical (unpaired) electrons. The number of carbonyl (C=O) groups excluding carboxylic acids is 1. The number of fused-ring (bicyclic) bond motifs is 2. The Labute approximate surface area is 134 Å². The lowest BCUT2D eigenvalue weighted by molar-refractivity contribution is -0.135. The van der Waals surface area contributed by atoms with Crippen molar-refractivity contribution in [2.45, 2.75) is 30.2 Å². The third kappa shape index (κ3) is 3.09. The number of hydrogen-bond donors (Lipinski definition) is 2. The highest BCUT2D eigenvalue weighted by atomic mass is 32.2. The summed E-state index contributed by atoms with van der Waals surface area (Å²) in [6.45, 7) is 0.101. The Morgan fingerprint density at radius 2 is 1.91 bits per heavy atom. The van der Waals surface area contributed by atoms with Gasteiger partial charge in [-0.1, -0.05) is 0 Å². The van der Waals surface area contributed by atoms with Gasteiger partial charge in [-0.2, -0.15) is 4.31 Å². The molecule has 1 aromatic rings. The van der Waals surface area contributed by atoms with Gasteiger partial charge in [0.1, 0.15) is 6.54 Å². The van der Waals surface area contributed by atoms with Gasteiger partial charge >= 0.3 is 5.97 Å². The summed E-state index contributed by atoms with van der Waals surface area (Å²) in [5.74, 6) is -1.21. The van der Waals surface area contributed by atoms with Crippen molar-refractivity contribution in [3.63, 3.8) is 0 Å². The van der Waals surface area contributed by atoms with Crippen LogP contribution in [0.2, 0.25) is 0 Å². The standard InChI is InChI=1S/C15H18N2O5S/c18-14(19)8-16-15(20)11-2-5-13(6-3-11)23(21,22)17-9-10-1-4-12(17)7-10/h2-3,5-6,10,12H,1,4,7-9H2,(H,16,20)(H,18,19). The van der Waals surface area contributed by atoms with E-state index in [0.29, 0.717) is 12.5 Å². The first-order chi connectivity index (χ1) is 10.9. The second-order valence-electron chi connectivity index (χ2n) is 6.01. The highest BCUT2D eigenvalue weighted by molar-refractivity contribution is 7.89. The number of aliphatic carboxylic acids is 1. The average Bonchev–Trinajstić information content (AvgIpc) is 3.16. The van der Waals surface area contributed by atoms with E-state index in [0.717, 1.165) is 19.3 Å². The molecule has 2 N–H and O–H groups in total. The summed E-state index contributed by atoms with van der Waals surface area (Å²) in [4.78, 5) is 22.3. The first-order valence-corrected chi connectivity index (χ1v) is 8.94. The molecule has 1 aliphatic carbocycles. The molecule has 124 valence electrons. The molecule has 2 fully saturated rings. The van der Waals surface area contributed by atoms with Crippen molar-refractivity contribution in [2.75, 3.05) is 13.1 Å². The largest absolute Gasteiger partial charge is 0.480 e. The summed E-state index contributed by atoms with van der Waals surface area (Å²) < 4.78 is 26.9. The summed E-state index contributed by atoms with van der Waals surface area (Å²) in [5, 5.41) is 10.8. The van der Waals surface area contributed by atoms with Crippen LogP contribution in [0.1, 0.15) is 29.6 Å². The Morgan fingerprint density at radius 1 is 1.22 bits per heavy atom. The normalized spacial score (nSPS) is 23.8. The maximum Gasteiger partial charge on any atom is 0.322 e. The molecule has 0 aromatic heterocycles. The lowest BCUT2D eigenvalue weighted by atomic mass is 10.1. The first kappa shape index (κ1) is 15.9. The highest BCUT2D eigenvalue weighted by Crippen LogP contribution is 2.40. The van der Waals surface area contributed by atoms with Crippen LogP contribution in [0, 0.1) is 5.92 Å². The molecule has 2 aliphatic rings. The van der Waals surface area contributed by atoms with Gasteiger partial charge in [-0.15, -0.1) is 0 Å². The minimum atomic E-state index is -3.53. The molecule has 2 bridgehead atoms. The quantitative estimate of drug-likeness (QED) is 0.821. The molecule has 1 aromatic carbocycles. The van der Waals surface area contributed by atoms with Gasteiger partial charge in [-0.3, -0.25) is 9.59 Å². The summed E-state index contributed by atoms with van der Waals surface area (Å²) in [5.41, 5.74) is 0.230. The zero-order chi connectivity index (χ0) is 16.6. The fourth-order valence-electron chi connectivity index (χ4n) is 3.35. The lowest BCUT2D eigenvalue weighted by Gasteiger charge is -2.26. The highest BCUT2D eigenvalue weighted by Gasteiger charge is 2.44. The van der Waals surface area contributed by atoms with E-state index in [1.165, 1.54) is 24.3 Å². The van der Waals surface area contributed by atoms with Crippen molar-refractivity contribution in [1.29, 1.82) is 0 Å². The van der Waals surface area contributed by atoms with E-state index < -0.39 is 28.4 Å². The predicted octanol–water partition coefficient (Wildman–Crippen LogP) is 0.674. The van der Waals surface area contributed by atoms with Crippen molar-refractivity contribution < 1.29 is 23.1 Å². The van der Waals surface area contributed by atoms with Crippen molar-refractivity contribution in [3.05, 3.63) is 29.8 Å². The summed E-state index contributed by atoms with van der Waals surface area (Å²) in [7, 11) is -3.53. The number of rotatable bonds is 5. The van der Waals surface area contributed by atoms with Crippen LogP contribution < -0.4 is 5.32 Å². The van der Waals surface area contributed by atoms with Gasteiger partial charge in [0.2, 0.25) is 10.0 Å². The van der Waals surface area contributed by atoms with Crippen LogP contribution in [0.3, 0.4) is 0 Å². The van der Waals surface area contributed by atoms with E-state index in [9.17, 15) is 18.0 Å². The van der Waals surface area contributed by atoms with Crippen molar-refractivity contribution in [2.24, 2.45) is 5.92 Å².